The van der Waals surface area contributed by atoms with Crippen LogP contribution in [0.1, 0.15) is 20.7 Å². The number of thioether (sulfide) groups is 1. The van der Waals surface area contributed by atoms with Gasteiger partial charge in [0.1, 0.15) is 47.5 Å². The topological polar surface area (TPSA) is 198 Å². The minimum Gasteiger partial charge on any atom is -0.394 e. The van der Waals surface area contributed by atoms with E-state index in [-0.39, 0.29) is 11.1 Å². The Bertz CT molecular complexity index is 1010. The van der Waals surface area contributed by atoms with E-state index in [2.05, 4.69) is 10.6 Å². The Morgan fingerprint density at radius 1 is 0.641 bits per heavy atom. The van der Waals surface area contributed by atoms with E-state index in [0.717, 1.165) is 11.8 Å². The number of ether oxygens (including phenoxy) is 2. The molecular formula is C26H32N2O10S. The van der Waals surface area contributed by atoms with Gasteiger partial charge in [0.25, 0.3) is 11.8 Å². The van der Waals surface area contributed by atoms with Gasteiger partial charge in [-0.25, -0.2) is 0 Å². The third kappa shape index (κ3) is 6.60. The molecule has 2 aromatic rings. The molecule has 13 heteroatoms. The number of nitrogens with one attached hydrogen (secondary N) is 2. The average molecular weight is 565 g/mol. The van der Waals surface area contributed by atoms with Crippen molar-refractivity contribution in [2.75, 3.05) is 13.2 Å². The molecule has 0 radical (unpaired) electrons. The maximum Gasteiger partial charge on any atom is 0.251 e. The first-order valence-corrected chi connectivity index (χ1v) is 13.3. The van der Waals surface area contributed by atoms with Crippen LogP contribution in [0.15, 0.2) is 60.7 Å². The van der Waals surface area contributed by atoms with Gasteiger partial charge < -0.3 is 50.7 Å². The standard InChI is InChI=1S/C26H32N2O10S/c29-11-15-19(31)17(27-23(35)13-7-3-1-4-8-13)21(33)25(37-15)39-26-22(34)18(20(32)16(12-30)38-26)28-24(36)14-9-5-2-6-10-14/h1-10,15-22,25-26,29-34H,11-12H2,(H,27,35)(H,28,36)/t15?,16?,17-,18?,19-,20+,21?,22+,25-,26+/m0/s1. The number of benzene rings is 2. The first-order chi connectivity index (χ1) is 18.7. The molecule has 12 nitrogen and oxygen atoms in total. The van der Waals surface area contributed by atoms with E-state index >= 15 is 0 Å². The maximum absolute atomic E-state index is 12.7. The van der Waals surface area contributed by atoms with Crippen LogP contribution >= 0.6 is 11.8 Å². The van der Waals surface area contributed by atoms with Gasteiger partial charge in [0.15, 0.2) is 0 Å². The number of aliphatic hydroxyl groups is 6. The van der Waals surface area contributed by atoms with Crippen LogP contribution in [0.3, 0.4) is 0 Å². The lowest BCUT2D eigenvalue weighted by atomic mass is 9.96. The second kappa shape index (κ2) is 13.2. The minimum absolute atomic E-state index is 0.288. The predicted octanol–water partition coefficient (Wildman–Crippen LogP) is -1.81. The summed E-state index contributed by atoms with van der Waals surface area (Å²) in [7, 11) is 0. The van der Waals surface area contributed by atoms with Crippen molar-refractivity contribution in [2.24, 2.45) is 0 Å². The zero-order valence-electron chi connectivity index (χ0n) is 20.7. The van der Waals surface area contributed by atoms with Crippen LogP contribution in [0.5, 0.6) is 0 Å². The zero-order chi connectivity index (χ0) is 28.1. The van der Waals surface area contributed by atoms with Crippen LogP contribution in [-0.4, -0.2) is 115 Å². The molecule has 2 heterocycles. The van der Waals surface area contributed by atoms with E-state index in [1.807, 2.05) is 0 Å². The molecule has 8 N–H and O–H groups in total. The zero-order valence-corrected chi connectivity index (χ0v) is 21.5. The molecule has 0 saturated carbocycles. The molecule has 212 valence electrons. The summed E-state index contributed by atoms with van der Waals surface area (Å²) in [5, 5.41) is 68.1. The highest BCUT2D eigenvalue weighted by Gasteiger charge is 2.50. The van der Waals surface area contributed by atoms with Crippen LogP contribution in [0.4, 0.5) is 0 Å². The lowest BCUT2D eigenvalue weighted by Gasteiger charge is -2.46. The largest absolute Gasteiger partial charge is 0.394 e. The molecule has 2 aromatic carbocycles. The molecule has 0 spiro atoms. The summed E-state index contributed by atoms with van der Waals surface area (Å²) < 4.78 is 11.3. The molecule has 10 atom stereocenters. The van der Waals surface area contributed by atoms with Crippen molar-refractivity contribution >= 4 is 23.6 Å². The van der Waals surface area contributed by atoms with Crippen molar-refractivity contribution in [1.82, 2.24) is 10.6 Å². The normalized spacial score (nSPS) is 34.7. The Labute approximate surface area is 228 Å². The number of rotatable bonds is 8. The summed E-state index contributed by atoms with van der Waals surface area (Å²) in [6, 6.07) is 13.8. The van der Waals surface area contributed by atoms with Crippen LogP contribution < -0.4 is 10.6 Å². The Morgan fingerprint density at radius 2 is 1.00 bits per heavy atom. The van der Waals surface area contributed by atoms with E-state index in [0.29, 0.717) is 0 Å². The van der Waals surface area contributed by atoms with E-state index in [1.165, 1.54) is 0 Å². The highest BCUT2D eigenvalue weighted by atomic mass is 32.2. The Morgan fingerprint density at radius 3 is 1.33 bits per heavy atom. The Kier molecular flexibility index (Phi) is 9.93. The van der Waals surface area contributed by atoms with Gasteiger partial charge >= 0.3 is 0 Å². The molecule has 2 fully saturated rings. The molecule has 0 aliphatic carbocycles. The molecule has 2 aliphatic rings. The fourth-order valence-corrected chi connectivity index (χ4v) is 5.86. The van der Waals surface area contributed by atoms with E-state index in [9.17, 15) is 40.2 Å². The van der Waals surface area contributed by atoms with Gasteiger partial charge in [0, 0.05) is 11.1 Å². The summed E-state index contributed by atoms with van der Waals surface area (Å²) in [4.78, 5) is 25.4. The summed E-state index contributed by atoms with van der Waals surface area (Å²) in [5.74, 6) is -1.13. The molecule has 2 amide bonds. The molecule has 2 aliphatic heterocycles. The quantitative estimate of drug-likeness (QED) is 0.180. The van der Waals surface area contributed by atoms with Crippen molar-refractivity contribution < 1.29 is 49.7 Å². The smallest absolute Gasteiger partial charge is 0.251 e. The number of carbonyl (C=O) groups is 2. The average Bonchev–Trinajstić information content (AvgIpc) is 2.96. The molecule has 2 saturated heterocycles. The van der Waals surface area contributed by atoms with Gasteiger partial charge in [-0.1, -0.05) is 48.2 Å². The van der Waals surface area contributed by atoms with E-state index in [4.69, 9.17) is 9.47 Å². The first-order valence-electron chi connectivity index (χ1n) is 12.4. The summed E-state index contributed by atoms with van der Waals surface area (Å²) >= 11 is 0.762. The predicted molar refractivity (Wildman–Crippen MR) is 139 cm³/mol. The molecule has 4 unspecified atom stereocenters. The fraction of sp³-hybridized carbons (Fsp3) is 0.462. The van der Waals surface area contributed by atoms with Crippen LogP contribution in [0.25, 0.3) is 0 Å². The lowest BCUT2D eigenvalue weighted by molar-refractivity contribution is -0.175. The van der Waals surface area contributed by atoms with Crippen LogP contribution in [0, 0.1) is 0 Å². The summed E-state index contributed by atoms with van der Waals surface area (Å²) in [5.41, 5.74) is -1.88. The number of carbonyl (C=O) groups excluding carboxylic acids is 2. The van der Waals surface area contributed by atoms with Gasteiger partial charge in [-0.15, -0.1) is 0 Å². The van der Waals surface area contributed by atoms with E-state index in [1.54, 1.807) is 60.7 Å². The number of amides is 2. The molecule has 0 aromatic heterocycles. The molecule has 0 bridgehead atoms. The Balaban J connectivity index is 1.51. The Hall–Kier alpha value is -2.59. The highest BCUT2D eigenvalue weighted by Crippen LogP contribution is 2.36. The first kappa shape index (κ1) is 29.4. The molecular weight excluding hydrogens is 532 g/mol. The van der Waals surface area contributed by atoms with Crippen molar-refractivity contribution in [1.29, 1.82) is 0 Å². The van der Waals surface area contributed by atoms with Crippen molar-refractivity contribution in [3.05, 3.63) is 71.8 Å². The van der Waals surface area contributed by atoms with Crippen molar-refractivity contribution in [3.8, 4) is 0 Å². The van der Waals surface area contributed by atoms with Gasteiger partial charge in [0.05, 0.1) is 25.3 Å². The minimum atomic E-state index is -1.52. The molecule has 39 heavy (non-hydrogen) atoms. The summed E-state index contributed by atoms with van der Waals surface area (Å²) in [6.07, 6.45) is -8.35. The van der Waals surface area contributed by atoms with Gasteiger partial charge in [-0.2, -0.15) is 0 Å². The van der Waals surface area contributed by atoms with Crippen molar-refractivity contribution in [3.63, 3.8) is 0 Å². The number of hydrogen-bond donors (Lipinski definition) is 8. The SMILES string of the molecule is O=C(NC1[C@H](O)C(CO)O[C@H](S[C@@H]2OC(CO)[C@H](O)[C@H](NC(=O)c3ccccc3)C2O)[C@@H]1O)c1ccccc1. The van der Waals surface area contributed by atoms with Gasteiger partial charge in [-0.3, -0.25) is 9.59 Å². The van der Waals surface area contributed by atoms with Gasteiger partial charge in [-0.05, 0) is 24.3 Å². The maximum atomic E-state index is 12.7. The number of aliphatic hydroxyl groups excluding tert-OH is 6. The third-order valence-corrected chi connectivity index (χ3v) is 8.02. The molecule has 4 rings (SSSR count). The van der Waals surface area contributed by atoms with E-state index < -0.39 is 84.6 Å². The lowest BCUT2D eigenvalue weighted by Crippen LogP contribution is -2.66. The summed E-state index contributed by atoms with van der Waals surface area (Å²) in [6.45, 7) is -1.27. The fourth-order valence-electron chi connectivity index (χ4n) is 4.52. The van der Waals surface area contributed by atoms with Crippen LogP contribution in [0.2, 0.25) is 0 Å². The highest BCUT2D eigenvalue weighted by molar-refractivity contribution is 8.00. The second-order valence-corrected chi connectivity index (χ2v) is 10.5. The third-order valence-electron chi connectivity index (χ3n) is 6.70. The van der Waals surface area contributed by atoms with Crippen molar-refractivity contribution in [2.45, 2.75) is 59.6 Å². The second-order valence-electron chi connectivity index (χ2n) is 9.28. The number of hydrogen-bond acceptors (Lipinski definition) is 11. The van der Waals surface area contributed by atoms with Gasteiger partial charge in [0.2, 0.25) is 0 Å². The monoisotopic (exact) mass is 564 g/mol. The van der Waals surface area contributed by atoms with Crippen LogP contribution in [-0.2, 0) is 9.47 Å².